The lowest BCUT2D eigenvalue weighted by molar-refractivity contribution is -0.160. The van der Waals surface area contributed by atoms with Crippen LogP contribution in [0.25, 0.3) is 0 Å². The molecule has 0 radical (unpaired) electrons. The second-order valence-electron chi connectivity index (χ2n) is 6.77. The molecule has 1 aromatic heterocycles. The van der Waals surface area contributed by atoms with Gasteiger partial charge in [-0.05, 0) is 43.0 Å². The molecule has 0 amide bonds. The number of thioether (sulfide) groups is 1. The van der Waals surface area contributed by atoms with Crippen LogP contribution in [-0.4, -0.2) is 23.4 Å². The monoisotopic (exact) mass is 448 g/mol. The van der Waals surface area contributed by atoms with Crippen LogP contribution < -0.4 is 5.32 Å². The van der Waals surface area contributed by atoms with E-state index in [1.54, 1.807) is 13.8 Å². The number of halogens is 1. The van der Waals surface area contributed by atoms with E-state index >= 15 is 0 Å². The first-order chi connectivity index (χ1) is 13.9. The fourth-order valence-electron chi connectivity index (χ4n) is 3.35. The number of carbonyl (C=O) groups is 1. The highest BCUT2D eigenvalue weighted by Gasteiger charge is 2.51. The van der Waals surface area contributed by atoms with Gasteiger partial charge in [-0.3, -0.25) is 4.79 Å². The summed E-state index contributed by atoms with van der Waals surface area (Å²) in [5.74, 6) is -1.46. The molecule has 2 heterocycles. The van der Waals surface area contributed by atoms with E-state index in [0.29, 0.717) is 21.4 Å². The summed E-state index contributed by atoms with van der Waals surface area (Å²) in [6.07, 6.45) is 0. The number of hydrogen-bond acceptors (Lipinski definition) is 7. The Morgan fingerprint density at radius 1 is 1.41 bits per heavy atom. The zero-order valence-electron chi connectivity index (χ0n) is 16.0. The highest BCUT2D eigenvalue weighted by molar-refractivity contribution is 8.02. The lowest BCUT2D eigenvalue weighted by Gasteiger charge is -2.42. The Bertz CT molecular complexity index is 934. The van der Waals surface area contributed by atoms with E-state index in [1.165, 1.54) is 23.1 Å². The van der Waals surface area contributed by atoms with Gasteiger partial charge < -0.3 is 15.2 Å². The number of allylic oxidation sites excluding steroid dienone is 1. The molecule has 0 saturated carbocycles. The third kappa shape index (κ3) is 4.78. The molecule has 2 aromatic rings. The van der Waals surface area contributed by atoms with Crippen LogP contribution in [0.5, 0.6) is 0 Å². The second kappa shape index (κ2) is 9.23. The van der Waals surface area contributed by atoms with Crippen molar-refractivity contribution in [2.24, 2.45) is 5.92 Å². The molecule has 0 fully saturated rings. The van der Waals surface area contributed by atoms with E-state index in [9.17, 15) is 15.2 Å². The standard InChI is InChI=1S/C21H21ClN2O3S2/c1-3-27-20(25)18-17(16-5-4-10-28-16)15(11-23)19(24-21(18,2)26)29-12-13-6-8-14(22)9-7-13/h4-10,17-18,24,26H,3,12H2,1-2H3/t17-,18-,21-/m0/s1. The molecule has 0 bridgehead atoms. The van der Waals surface area contributed by atoms with Gasteiger partial charge in [0.25, 0.3) is 0 Å². The number of benzene rings is 1. The Hall–Kier alpha value is -1.98. The molecule has 0 unspecified atom stereocenters. The largest absolute Gasteiger partial charge is 0.466 e. The number of ether oxygens (including phenoxy) is 1. The zero-order chi connectivity index (χ0) is 21.0. The highest BCUT2D eigenvalue weighted by atomic mass is 35.5. The van der Waals surface area contributed by atoms with Crippen LogP contribution >= 0.6 is 34.7 Å². The predicted molar refractivity (Wildman–Crippen MR) is 116 cm³/mol. The predicted octanol–water partition coefficient (Wildman–Crippen LogP) is 4.64. The molecule has 0 saturated heterocycles. The summed E-state index contributed by atoms with van der Waals surface area (Å²) in [6, 6.07) is 13.5. The third-order valence-corrected chi connectivity index (χ3v) is 6.96. The number of thiophene rings is 1. The summed E-state index contributed by atoms with van der Waals surface area (Å²) in [4.78, 5) is 13.6. The molecular formula is C21H21ClN2O3S2. The number of nitrogens with one attached hydrogen (secondary N) is 1. The average molecular weight is 449 g/mol. The van der Waals surface area contributed by atoms with Gasteiger partial charge in [0, 0.05) is 21.6 Å². The molecule has 3 atom stereocenters. The van der Waals surface area contributed by atoms with Crippen molar-refractivity contribution >= 4 is 40.7 Å². The molecule has 5 nitrogen and oxygen atoms in total. The van der Waals surface area contributed by atoms with Crippen molar-refractivity contribution in [1.29, 1.82) is 5.26 Å². The Morgan fingerprint density at radius 3 is 2.72 bits per heavy atom. The van der Waals surface area contributed by atoms with Crippen LogP contribution in [0.3, 0.4) is 0 Å². The van der Waals surface area contributed by atoms with Gasteiger partial charge in [-0.2, -0.15) is 5.26 Å². The Kier molecular flexibility index (Phi) is 6.91. The van der Waals surface area contributed by atoms with Gasteiger partial charge in [-0.1, -0.05) is 29.8 Å². The second-order valence-corrected chi connectivity index (χ2v) is 9.17. The Labute approximate surface area is 183 Å². The minimum absolute atomic E-state index is 0.201. The maximum Gasteiger partial charge on any atom is 0.314 e. The van der Waals surface area contributed by atoms with Crippen LogP contribution in [-0.2, 0) is 15.3 Å². The third-order valence-electron chi connectivity index (χ3n) is 4.67. The summed E-state index contributed by atoms with van der Waals surface area (Å²) in [5.41, 5.74) is -0.106. The van der Waals surface area contributed by atoms with Gasteiger partial charge in [0.05, 0.1) is 23.3 Å². The van der Waals surface area contributed by atoms with Gasteiger partial charge >= 0.3 is 5.97 Å². The maximum atomic E-state index is 12.7. The topological polar surface area (TPSA) is 82.4 Å². The fraction of sp³-hybridized carbons (Fsp3) is 0.333. The molecule has 2 N–H and O–H groups in total. The van der Waals surface area contributed by atoms with Crippen LogP contribution in [0.15, 0.2) is 52.4 Å². The normalized spacial score (nSPS) is 24.0. The first-order valence-corrected chi connectivity index (χ1v) is 11.3. The number of esters is 1. The summed E-state index contributed by atoms with van der Waals surface area (Å²) in [5, 5.41) is 27.2. The zero-order valence-corrected chi connectivity index (χ0v) is 18.4. The lowest BCUT2D eigenvalue weighted by Crippen LogP contribution is -2.56. The van der Waals surface area contributed by atoms with Gasteiger partial charge in [0.2, 0.25) is 0 Å². The number of hydrogen-bond donors (Lipinski definition) is 2. The van der Waals surface area contributed by atoms with E-state index in [4.69, 9.17) is 16.3 Å². The molecular weight excluding hydrogens is 428 g/mol. The maximum absolute atomic E-state index is 12.7. The number of carbonyl (C=O) groups excluding carboxylic acids is 1. The molecule has 29 heavy (non-hydrogen) atoms. The lowest BCUT2D eigenvalue weighted by atomic mass is 9.76. The van der Waals surface area contributed by atoms with Crippen LogP contribution in [0, 0.1) is 17.2 Å². The van der Waals surface area contributed by atoms with E-state index in [0.717, 1.165) is 10.4 Å². The Morgan fingerprint density at radius 2 is 2.14 bits per heavy atom. The molecule has 0 aliphatic carbocycles. The minimum atomic E-state index is -1.57. The molecule has 8 heteroatoms. The Balaban J connectivity index is 2.00. The van der Waals surface area contributed by atoms with Crippen LogP contribution in [0.2, 0.25) is 5.02 Å². The van der Waals surface area contributed by atoms with Gasteiger partial charge in [-0.15, -0.1) is 23.1 Å². The number of nitriles is 1. The van der Waals surface area contributed by atoms with Gasteiger partial charge in [0.15, 0.2) is 0 Å². The molecule has 152 valence electrons. The van der Waals surface area contributed by atoms with Crippen molar-refractivity contribution in [2.45, 2.75) is 31.2 Å². The first-order valence-electron chi connectivity index (χ1n) is 9.09. The average Bonchev–Trinajstić information content (AvgIpc) is 3.21. The van der Waals surface area contributed by atoms with Crippen molar-refractivity contribution in [1.82, 2.24) is 5.32 Å². The molecule has 1 aliphatic heterocycles. The summed E-state index contributed by atoms with van der Waals surface area (Å²) in [6.45, 7) is 3.47. The smallest absolute Gasteiger partial charge is 0.314 e. The fourth-order valence-corrected chi connectivity index (χ4v) is 5.46. The van der Waals surface area contributed by atoms with Crippen molar-refractivity contribution in [2.75, 3.05) is 6.61 Å². The minimum Gasteiger partial charge on any atom is -0.466 e. The number of rotatable bonds is 6. The molecule has 0 spiro atoms. The van der Waals surface area contributed by atoms with Crippen molar-refractivity contribution in [3.63, 3.8) is 0 Å². The summed E-state index contributed by atoms with van der Waals surface area (Å²) in [7, 11) is 0. The van der Waals surface area contributed by atoms with Crippen LogP contribution in [0.1, 0.15) is 30.2 Å². The van der Waals surface area contributed by atoms with E-state index in [2.05, 4.69) is 11.4 Å². The number of nitrogens with zero attached hydrogens (tertiary/aromatic N) is 1. The molecule has 3 rings (SSSR count). The quantitative estimate of drug-likeness (QED) is 0.626. The van der Waals surface area contributed by atoms with Gasteiger partial charge in [0.1, 0.15) is 11.6 Å². The van der Waals surface area contributed by atoms with E-state index < -0.39 is 23.5 Å². The SMILES string of the molecule is CCOC(=O)[C@@H]1[C@H](c2cccs2)C(C#N)=C(SCc2ccc(Cl)cc2)N[C@@]1(C)O. The van der Waals surface area contributed by atoms with E-state index in [-0.39, 0.29) is 6.61 Å². The van der Waals surface area contributed by atoms with Crippen molar-refractivity contribution in [3.05, 3.63) is 67.8 Å². The van der Waals surface area contributed by atoms with E-state index in [1.807, 2.05) is 41.8 Å². The number of aliphatic hydroxyl groups is 1. The first kappa shape index (κ1) is 21.7. The summed E-state index contributed by atoms with van der Waals surface area (Å²) >= 11 is 8.81. The van der Waals surface area contributed by atoms with Crippen LogP contribution in [0.4, 0.5) is 0 Å². The molecule has 1 aliphatic rings. The van der Waals surface area contributed by atoms with Gasteiger partial charge in [-0.25, -0.2) is 0 Å². The summed E-state index contributed by atoms with van der Waals surface area (Å²) < 4.78 is 5.23. The van der Waals surface area contributed by atoms with Crippen molar-refractivity contribution in [3.8, 4) is 6.07 Å². The molecule has 1 aromatic carbocycles. The highest BCUT2D eigenvalue weighted by Crippen LogP contribution is 2.46. The van der Waals surface area contributed by atoms with Crippen molar-refractivity contribution < 1.29 is 14.6 Å².